The van der Waals surface area contributed by atoms with Crippen LogP contribution in [0.5, 0.6) is 5.75 Å². The quantitative estimate of drug-likeness (QED) is 0.871. The van der Waals surface area contributed by atoms with E-state index in [0.29, 0.717) is 10.9 Å². The monoisotopic (exact) mass is 275 g/mol. The van der Waals surface area contributed by atoms with Gasteiger partial charge in [0, 0.05) is 16.1 Å². The first-order valence-corrected chi connectivity index (χ1v) is 5.70. The van der Waals surface area contributed by atoms with Crippen molar-refractivity contribution < 1.29 is 5.11 Å². The van der Waals surface area contributed by atoms with Gasteiger partial charge < -0.3 is 10.8 Å². The molecule has 14 heavy (non-hydrogen) atoms. The SMILES string of the molecule is N[C@@H](c1cc(Br)cc(Cl)c1O)C1CC1. The first kappa shape index (κ1) is 10.3. The highest BCUT2D eigenvalue weighted by Crippen LogP contribution is 2.44. The molecule has 1 atom stereocenters. The summed E-state index contributed by atoms with van der Waals surface area (Å²) in [7, 11) is 0. The van der Waals surface area contributed by atoms with Gasteiger partial charge in [-0.3, -0.25) is 0 Å². The smallest absolute Gasteiger partial charge is 0.139 e. The fourth-order valence-corrected chi connectivity index (χ4v) is 2.38. The van der Waals surface area contributed by atoms with E-state index >= 15 is 0 Å². The van der Waals surface area contributed by atoms with Crippen LogP contribution in [0.1, 0.15) is 24.4 Å². The molecule has 1 saturated carbocycles. The molecular formula is C10H11BrClNO. The van der Waals surface area contributed by atoms with Gasteiger partial charge in [0.15, 0.2) is 0 Å². The van der Waals surface area contributed by atoms with E-state index < -0.39 is 0 Å². The van der Waals surface area contributed by atoms with Crippen molar-refractivity contribution in [2.45, 2.75) is 18.9 Å². The maximum Gasteiger partial charge on any atom is 0.139 e. The van der Waals surface area contributed by atoms with E-state index in [2.05, 4.69) is 15.9 Å². The van der Waals surface area contributed by atoms with Gasteiger partial charge in [0.2, 0.25) is 0 Å². The molecule has 1 aliphatic carbocycles. The van der Waals surface area contributed by atoms with Crippen molar-refractivity contribution in [3.63, 3.8) is 0 Å². The summed E-state index contributed by atoms with van der Waals surface area (Å²) >= 11 is 9.19. The zero-order valence-electron chi connectivity index (χ0n) is 7.50. The number of nitrogens with two attached hydrogens (primary N) is 1. The average Bonchev–Trinajstić information content (AvgIpc) is 2.93. The largest absolute Gasteiger partial charge is 0.506 e. The van der Waals surface area contributed by atoms with Crippen molar-refractivity contribution >= 4 is 27.5 Å². The molecule has 0 unspecified atom stereocenters. The van der Waals surface area contributed by atoms with Crippen molar-refractivity contribution in [1.82, 2.24) is 0 Å². The maximum atomic E-state index is 9.74. The third-order valence-corrected chi connectivity index (χ3v) is 3.29. The predicted octanol–water partition coefficient (Wildman–Crippen LogP) is 3.22. The Hall–Kier alpha value is -0.250. The Morgan fingerprint density at radius 3 is 2.71 bits per heavy atom. The first-order valence-electron chi connectivity index (χ1n) is 4.53. The molecule has 4 heteroatoms. The summed E-state index contributed by atoms with van der Waals surface area (Å²) < 4.78 is 0.853. The minimum Gasteiger partial charge on any atom is -0.506 e. The van der Waals surface area contributed by atoms with Crippen LogP contribution in [0.4, 0.5) is 0 Å². The van der Waals surface area contributed by atoms with Crippen LogP contribution in [0.25, 0.3) is 0 Å². The van der Waals surface area contributed by atoms with Crippen molar-refractivity contribution in [3.8, 4) is 5.75 Å². The molecular weight excluding hydrogens is 265 g/mol. The minimum absolute atomic E-state index is 0.0926. The van der Waals surface area contributed by atoms with E-state index in [9.17, 15) is 5.11 Å². The van der Waals surface area contributed by atoms with Gasteiger partial charge in [0.25, 0.3) is 0 Å². The number of aromatic hydroxyl groups is 1. The van der Waals surface area contributed by atoms with E-state index in [1.54, 1.807) is 6.07 Å². The average molecular weight is 277 g/mol. The molecule has 1 fully saturated rings. The first-order chi connectivity index (χ1) is 6.59. The molecule has 0 amide bonds. The van der Waals surface area contributed by atoms with Crippen LogP contribution in [0.15, 0.2) is 16.6 Å². The molecule has 3 N–H and O–H groups in total. The fraction of sp³-hybridized carbons (Fsp3) is 0.400. The molecule has 1 aromatic rings. The summed E-state index contributed by atoms with van der Waals surface area (Å²) in [5.41, 5.74) is 6.74. The van der Waals surface area contributed by atoms with Crippen molar-refractivity contribution in [2.24, 2.45) is 11.7 Å². The number of benzene rings is 1. The molecule has 2 nitrogen and oxygen atoms in total. The van der Waals surface area contributed by atoms with E-state index in [4.69, 9.17) is 17.3 Å². The van der Waals surface area contributed by atoms with Crippen molar-refractivity contribution in [3.05, 3.63) is 27.2 Å². The van der Waals surface area contributed by atoms with Gasteiger partial charge in [-0.05, 0) is 30.9 Å². The number of hydrogen-bond acceptors (Lipinski definition) is 2. The Kier molecular flexibility index (Phi) is 2.73. The van der Waals surface area contributed by atoms with Gasteiger partial charge in [-0.15, -0.1) is 0 Å². The molecule has 2 rings (SSSR count). The molecule has 0 saturated heterocycles. The van der Waals surface area contributed by atoms with Crippen LogP contribution in [-0.2, 0) is 0 Å². The molecule has 0 aliphatic heterocycles. The second-order valence-corrected chi connectivity index (χ2v) is 5.01. The Bertz CT molecular complexity index is 365. The van der Waals surface area contributed by atoms with Crippen LogP contribution < -0.4 is 5.73 Å². The zero-order chi connectivity index (χ0) is 10.3. The lowest BCUT2D eigenvalue weighted by Gasteiger charge is -2.14. The van der Waals surface area contributed by atoms with Gasteiger partial charge in [-0.25, -0.2) is 0 Å². The van der Waals surface area contributed by atoms with Crippen LogP contribution in [0.2, 0.25) is 5.02 Å². The summed E-state index contributed by atoms with van der Waals surface area (Å²) in [6.45, 7) is 0. The number of halogens is 2. The third-order valence-electron chi connectivity index (χ3n) is 2.55. The van der Waals surface area contributed by atoms with E-state index in [0.717, 1.165) is 22.9 Å². The molecule has 0 radical (unpaired) electrons. The highest BCUT2D eigenvalue weighted by molar-refractivity contribution is 9.10. The van der Waals surface area contributed by atoms with Gasteiger partial charge in [-0.1, -0.05) is 27.5 Å². The van der Waals surface area contributed by atoms with E-state index in [1.807, 2.05) is 6.07 Å². The lowest BCUT2D eigenvalue weighted by Crippen LogP contribution is -2.12. The second kappa shape index (κ2) is 3.72. The van der Waals surface area contributed by atoms with Crippen LogP contribution in [0.3, 0.4) is 0 Å². The normalized spacial score (nSPS) is 18.2. The molecule has 0 aromatic heterocycles. The number of phenols is 1. The summed E-state index contributed by atoms with van der Waals surface area (Å²) in [6, 6.07) is 3.41. The molecule has 0 heterocycles. The van der Waals surface area contributed by atoms with Crippen LogP contribution in [0, 0.1) is 5.92 Å². The number of phenolic OH excluding ortho intramolecular Hbond substituents is 1. The molecule has 0 bridgehead atoms. The predicted molar refractivity (Wildman–Crippen MR) is 60.5 cm³/mol. The summed E-state index contributed by atoms with van der Waals surface area (Å²) in [4.78, 5) is 0. The Morgan fingerprint density at radius 2 is 2.14 bits per heavy atom. The van der Waals surface area contributed by atoms with E-state index in [-0.39, 0.29) is 11.8 Å². The minimum atomic E-state index is -0.0926. The summed E-state index contributed by atoms with van der Waals surface area (Å²) in [5, 5.41) is 10.1. The summed E-state index contributed by atoms with van der Waals surface area (Å²) in [6.07, 6.45) is 2.29. The topological polar surface area (TPSA) is 46.2 Å². The molecule has 1 aromatic carbocycles. The maximum absolute atomic E-state index is 9.74. The molecule has 1 aliphatic rings. The van der Waals surface area contributed by atoms with Crippen molar-refractivity contribution in [1.29, 1.82) is 0 Å². The fourth-order valence-electron chi connectivity index (χ4n) is 1.55. The van der Waals surface area contributed by atoms with Crippen LogP contribution in [-0.4, -0.2) is 5.11 Å². The Balaban J connectivity index is 2.39. The third kappa shape index (κ3) is 1.90. The highest BCUT2D eigenvalue weighted by atomic mass is 79.9. The van der Waals surface area contributed by atoms with Crippen molar-refractivity contribution in [2.75, 3.05) is 0 Å². The van der Waals surface area contributed by atoms with E-state index in [1.165, 1.54) is 0 Å². The zero-order valence-corrected chi connectivity index (χ0v) is 9.85. The standard InChI is InChI=1S/C10H11BrClNO/c11-6-3-7(9(13)5-1-2-5)10(14)8(12)4-6/h3-5,9,14H,1-2,13H2/t9-/m1/s1. The number of rotatable bonds is 2. The van der Waals surface area contributed by atoms with Crippen LogP contribution >= 0.6 is 27.5 Å². The number of hydrogen-bond donors (Lipinski definition) is 2. The van der Waals surface area contributed by atoms with Gasteiger partial charge in [0.05, 0.1) is 5.02 Å². The highest BCUT2D eigenvalue weighted by Gasteiger charge is 2.31. The summed E-state index contributed by atoms with van der Waals surface area (Å²) in [5.74, 6) is 0.625. The Labute approximate surface area is 96.2 Å². The van der Waals surface area contributed by atoms with Gasteiger partial charge in [-0.2, -0.15) is 0 Å². The Morgan fingerprint density at radius 1 is 1.50 bits per heavy atom. The molecule has 0 spiro atoms. The second-order valence-electron chi connectivity index (χ2n) is 3.69. The lowest BCUT2D eigenvalue weighted by atomic mass is 10.0. The lowest BCUT2D eigenvalue weighted by molar-refractivity contribution is 0.456. The molecule has 76 valence electrons. The van der Waals surface area contributed by atoms with Gasteiger partial charge >= 0.3 is 0 Å². The van der Waals surface area contributed by atoms with Gasteiger partial charge in [0.1, 0.15) is 5.75 Å².